The molecule has 0 radical (unpaired) electrons. The van der Waals surface area contributed by atoms with Gasteiger partial charge >= 0.3 is 0 Å². The van der Waals surface area contributed by atoms with Gasteiger partial charge in [0.05, 0.1) is 14.9 Å². The Balaban J connectivity index is 1.56. The first-order valence-corrected chi connectivity index (χ1v) is 11.6. The summed E-state index contributed by atoms with van der Waals surface area (Å²) in [6, 6.07) is 17.8. The topological polar surface area (TPSA) is 58.2 Å². The van der Waals surface area contributed by atoms with E-state index in [0.29, 0.717) is 15.7 Å². The summed E-state index contributed by atoms with van der Waals surface area (Å²) in [5.74, 6) is 0. The zero-order valence-corrected chi connectivity index (χ0v) is 17.9. The fourth-order valence-corrected chi connectivity index (χ4v) is 4.80. The fourth-order valence-electron chi connectivity index (χ4n) is 3.45. The van der Waals surface area contributed by atoms with Crippen molar-refractivity contribution in [1.82, 2.24) is 5.32 Å². The van der Waals surface area contributed by atoms with Crippen molar-refractivity contribution in [2.75, 3.05) is 17.8 Å². The Kier molecular flexibility index (Phi) is 5.83. The number of rotatable bonds is 4. The van der Waals surface area contributed by atoms with Crippen LogP contribution in [0.2, 0.25) is 10.0 Å². The summed E-state index contributed by atoms with van der Waals surface area (Å²) in [5, 5.41) is 4.30. The van der Waals surface area contributed by atoms with E-state index in [1.165, 1.54) is 11.1 Å². The Hall–Kier alpha value is -2.05. The fraction of sp³-hybridized carbons (Fsp3) is 0.182. The summed E-state index contributed by atoms with van der Waals surface area (Å²) in [7, 11) is -3.68. The van der Waals surface area contributed by atoms with Crippen LogP contribution in [-0.4, -0.2) is 21.5 Å². The first-order chi connectivity index (χ1) is 13.9. The van der Waals surface area contributed by atoms with Crippen molar-refractivity contribution in [2.24, 2.45) is 0 Å². The third-order valence-electron chi connectivity index (χ3n) is 5.02. The minimum absolute atomic E-state index is 0.206. The summed E-state index contributed by atoms with van der Waals surface area (Å²) in [4.78, 5) is 0.206. The van der Waals surface area contributed by atoms with Gasteiger partial charge in [0, 0.05) is 5.69 Å². The first-order valence-electron chi connectivity index (χ1n) is 9.33. The van der Waals surface area contributed by atoms with Crippen LogP contribution in [0, 0.1) is 0 Å². The smallest absolute Gasteiger partial charge is 0.261 e. The molecule has 29 heavy (non-hydrogen) atoms. The molecular formula is C22H20Cl2N2O2S. The van der Waals surface area contributed by atoms with Gasteiger partial charge in [-0.2, -0.15) is 0 Å². The molecule has 4 nitrogen and oxygen atoms in total. The maximum absolute atomic E-state index is 12.8. The van der Waals surface area contributed by atoms with Crippen molar-refractivity contribution in [3.8, 4) is 11.1 Å². The van der Waals surface area contributed by atoms with Crippen LogP contribution in [0.4, 0.5) is 5.69 Å². The number of nitrogens with one attached hydrogen (secondary N) is 2. The Morgan fingerprint density at radius 1 is 0.759 bits per heavy atom. The summed E-state index contributed by atoms with van der Waals surface area (Å²) >= 11 is 12.0. The van der Waals surface area contributed by atoms with Gasteiger partial charge in [0.2, 0.25) is 0 Å². The number of halogens is 2. The standard InChI is InChI=1S/C22H20Cl2N2O2S/c23-21-8-4-17(14-22(21)24)15-2-6-20(7-3-15)29(27,28)26-19-5-1-16-9-11-25-12-10-18(16)13-19/h1-8,13-14,25-26H,9-12H2. The molecule has 7 heteroatoms. The van der Waals surface area contributed by atoms with Gasteiger partial charge in [-0.15, -0.1) is 0 Å². The van der Waals surface area contributed by atoms with Crippen LogP contribution in [-0.2, 0) is 22.9 Å². The molecule has 0 bridgehead atoms. The van der Waals surface area contributed by atoms with Crippen LogP contribution in [0.3, 0.4) is 0 Å². The zero-order valence-electron chi connectivity index (χ0n) is 15.6. The molecule has 150 valence electrons. The summed E-state index contributed by atoms with van der Waals surface area (Å²) < 4.78 is 28.3. The van der Waals surface area contributed by atoms with Gasteiger partial charge in [-0.05, 0) is 84.6 Å². The highest BCUT2D eigenvalue weighted by Crippen LogP contribution is 2.29. The predicted molar refractivity (Wildman–Crippen MR) is 119 cm³/mol. The molecule has 0 saturated carbocycles. The van der Waals surface area contributed by atoms with E-state index in [2.05, 4.69) is 10.0 Å². The lowest BCUT2D eigenvalue weighted by molar-refractivity contribution is 0.601. The number of fused-ring (bicyclic) bond motifs is 1. The van der Waals surface area contributed by atoms with Crippen LogP contribution in [0.15, 0.2) is 65.6 Å². The van der Waals surface area contributed by atoms with E-state index < -0.39 is 10.0 Å². The van der Waals surface area contributed by atoms with Crippen LogP contribution in [0.5, 0.6) is 0 Å². The Labute approximate surface area is 180 Å². The maximum Gasteiger partial charge on any atom is 0.261 e. The maximum atomic E-state index is 12.8. The van der Waals surface area contributed by atoms with Gasteiger partial charge in [0.1, 0.15) is 0 Å². The Bertz CT molecular complexity index is 1150. The Morgan fingerprint density at radius 2 is 1.45 bits per heavy atom. The number of hydrogen-bond donors (Lipinski definition) is 2. The predicted octanol–water partition coefficient (Wildman–Crippen LogP) is 5.15. The molecule has 0 fully saturated rings. The van der Waals surface area contributed by atoms with Gasteiger partial charge in [0.15, 0.2) is 0 Å². The van der Waals surface area contributed by atoms with Gasteiger partial charge in [-0.1, -0.05) is 47.5 Å². The van der Waals surface area contributed by atoms with Crippen LogP contribution in [0.25, 0.3) is 11.1 Å². The highest BCUT2D eigenvalue weighted by atomic mass is 35.5. The molecule has 0 atom stereocenters. The number of benzene rings is 3. The van der Waals surface area contributed by atoms with Crippen LogP contribution >= 0.6 is 23.2 Å². The molecule has 3 aromatic carbocycles. The average Bonchev–Trinajstić information content (AvgIpc) is 2.95. The lowest BCUT2D eigenvalue weighted by Crippen LogP contribution is -2.16. The summed E-state index contributed by atoms with van der Waals surface area (Å²) in [6.45, 7) is 1.85. The van der Waals surface area contributed by atoms with Gasteiger partial charge in [0.25, 0.3) is 10.0 Å². The van der Waals surface area contributed by atoms with Crippen molar-refractivity contribution in [3.05, 3.63) is 81.8 Å². The lowest BCUT2D eigenvalue weighted by Gasteiger charge is -2.12. The quantitative estimate of drug-likeness (QED) is 0.582. The van der Waals surface area contributed by atoms with Crippen molar-refractivity contribution < 1.29 is 8.42 Å². The van der Waals surface area contributed by atoms with Crippen molar-refractivity contribution >= 4 is 38.9 Å². The molecule has 0 amide bonds. The molecule has 0 unspecified atom stereocenters. The Morgan fingerprint density at radius 3 is 2.17 bits per heavy atom. The first kappa shape index (κ1) is 20.2. The normalized spacial score (nSPS) is 14.1. The van der Waals surface area contributed by atoms with E-state index in [-0.39, 0.29) is 4.90 Å². The highest BCUT2D eigenvalue weighted by Gasteiger charge is 2.16. The largest absolute Gasteiger partial charge is 0.316 e. The molecule has 1 heterocycles. The molecule has 0 aromatic heterocycles. The molecule has 1 aliphatic heterocycles. The molecule has 0 spiro atoms. The van der Waals surface area contributed by atoms with Crippen molar-refractivity contribution in [1.29, 1.82) is 0 Å². The highest BCUT2D eigenvalue weighted by molar-refractivity contribution is 7.92. The van der Waals surface area contributed by atoms with E-state index in [0.717, 1.165) is 37.1 Å². The van der Waals surface area contributed by atoms with Crippen LogP contribution in [0.1, 0.15) is 11.1 Å². The minimum Gasteiger partial charge on any atom is -0.316 e. The third-order valence-corrected chi connectivity index (χ3v) is 7.15. The SMILES string of the molecule is O=S(=O)(Nc1ccc2c(c1)CCNCC2)c1ccc(-c2ccc(Cl)c(Cl)c2)cc1. The second-order valence-corrected chi connectivity index (χ2v) is 9.49. The molecule has 4 rings (SSSR count). The zero-order chi connectivity index (χ0) is 20.4. The van der Waals surface area contributed by atoms with Gasteiger partial charge in [-0.25, -0.2) is 8.42 Å². The lowest BCUT2D eigenvalue weighted by atomic mass is 10.0. The average molecular weight is 447 g/mol. The molecule has 3 aromatic rings. The third kappa shape index (κ3) is 4.59. The molecule has 0 saturated heterocycles. The summed E-state index contributed by atoms with van der Waals surface area (Å²) in [6.07, 6.45) is 1.85. The van der Waals surface area contributed by atoms with Crippen LogP contribution < -0.4 is 10.0 Å². The molecule has 1 aliphatic rings. The van der Waals surface area contributed by atoms with Gasteiger partial charge < -0.3 is 5.32 Å². The van der Waals surface area contributed by atoms with Gasteiger partial charge in [-0.3, -0.25) is 4.72 Å². The monoisotopic (exact) mass is 446 g/mol. The number of sulfonamides is 1. The van der Waals surface area contributed by atoms with E-state index in [1.54, 1.807) is 36.4 Å². The van der Waals surface area contributed by atoms with E-state index in [9.17, 15) is 8.42 Å². The van der Waals surface area contributed by atoms with E-state index in [1.807, 2.05) is 24.3 Å². The molecule has 2 N–H and O–H groups in total. The second kappa shape index (κ2) is 8.36. The summed E-state index contributed by atoms with van der Waals surface area (Å²) in [5.41, 5.74) is 4.77. The van der Waals surface area contributed by atoms with Crippen molar-refractivity contribution in [3.63, 3.8) is 0 Å². The molecular weight excluding hydrogens is 427 g/mol. The van der Waals surface area contributed by atoms with Crippen molar-refractivity contribution in [2.45, 2.75) is 17.7 Å². The number of hydrogen-bond acceptors (Lipinski definition) is 3. The van der Waals surface area contributed by atoms with E-state index >= 15 is 0 Å². The minimum atomic E-state index is -3.68. The molecule has 0 aliphatic carbocycles. The number of anilines is 1. The second-order valence-electron chi connectivity index (χ2n) is 6.99. The van der Waals surface area contributed by atoms with E-state index in [4.69, 9.17) is 23.2 Å².